The summed E-state index contributed by atoms with van der Waals surface area (Å²) in [6.45, 7) is 1.49. The minimum absolute atomic E-state index is 0.733. The van der Waals surface area contributed by atoms with Gasteiger partial charge in [-0.2, -0.15) is 0 Å². The minimum Gasteiger partial charge on any atom is -0.453 e. The number of rotatable bonds is 3. The van der Waals surface area contributed by atoms with E-state index in [0.717, 1.165) is 7.11 Å². The molecular formula is C6H10Cl3NO3. The predicted octanol–water partition coefficient (Wildman–Crippen LogP) is 1.46. The molecule has 0 unspecified atom stereocenters. The molecule has 7 heteroatoms. The van der Waals surface area contributed by atoms with Crippen LogP contribution in [0.1, 0.15) is 6.92 Å². The molecule has 0 saturated heterocycles. The fourth-order valence-electron chi connectivity index (χ4n) is 0.484. The Morgan fingerprint density at radius 3 is 2.38 bits per heavy atom. The number of ether oxygens (including phenoxy) is 1. The van der Waals surface area contributed by atoms with Crippen molar-refractivity contribution < 1.29 is 14.6 Å². The summed E-state index contributed by atoms with van der Waals surface area (Å²) in [7, 11) is 1.15. The smallest absolute Gasteiger partial charge is 0.408 e. The number of halogens is 3. The van der Waals surface area contributed by atoms with Gasteiger partial charge in [0.05, 0.1) is 12.5 Å². The maximum absolute atomic E-state index is 10.6. The van der Waals surface area contributed by atoms with E-state index in [1.54, 1.807) is 0 Å². The van der Waals surface area contributed by atoms with Gasteiger partial charge in [-0.25, -0.2) is 4.79 Å². The standard InChI is InChI=1S/C6H10Cl3NO3/c1-3(7)6(8,9)4(11)10-5(12)13-2/h3-4,11H,1-2H3,(H,10,12)/t3-,4+/m0/s1. The molecule has 4 nitrogen and oxygen atoms in total. The van der Waals surface area contributed by atoms with Gasteiger partial charge in [0.1, 0.15) is 0 Å². The van der Waals surface area contributed by atoms with Crippen molar-refractivity contribution in [2.75, 3.05) is 7.11 Å². The molecule has 13 heavy (non-hydrogen) atoms. The first kappa shape index (κ1) is 13.1. The number of carbonyl (C=O) groups excluding carboxylic acids is 1. The van der Waals surface area contributed by atoms with Gasteiger partial charge in [0, 0.05) is 0 Å². The third kappa shape index (κ3) is 3.77. The summed E-state index contributed by atoms with van der Waals surface area (Å²) in [5, 5.41) is 10.6. The second kappa shape index (κ2) is 5.10. The maximum atomic E-state index is 10.6. The number of methoxy groups -OCH3 is 1. The Hall–Kier alpha value is 0.1000. The van der Waals surface area contributed by atoms with E-state index in [9.17, 15) is 9.90 Å². The van der Waals surface area contributed by atoms with Gasteiger partial charge in [-0.05, 0) is 6.92 Å². The van der Waals surface area contributed by atoms with Crippen LogP contribution in [0.3, 0.4) is 0 Å². The molecule has 0 radical (unpaired) electrons. The molecule has 0 aromatic heterocycles. The summed E-state index contributed by atoms with van der Waals surface area (Å²) in [5.74, 6) is 0. The van der Waals surface area contributed by atoms with E-state index >= 15 is 0 Å². The molecule has 0 aliphatic carbocycles. The molecule has 0 heterocycles. The number of aliphatic hydroxyl groups is 1. The Morgan fingerprint density at radius 2 is 2.08 bits per heavy atom. The topological polar surface area (TPSA) is 58.6 Å². The Bertz CT molecular complexity index is 186. The monoisotopic (exact) mass is 249 g/mol. The molecule has 0 aromatic carbocycles. The zero-order valence-corrected chi connectivity index (χ0v) is 9.32. The van der Waals surface area contributed by atoms with Gasteiger partial charge in [0.25, 0.3) is 0 Å². The summed E-state index contributed by atoms with van der Waals surface area (Å²) in [5.41, 5.74) is 0. The Balaban J connectivity index is 4.24. The SMILES string of the molecule is COC(=O)N[C@H](O)C(Cl)(Cl)[C@H](C)Cl. The quantitative estimate of drug-likeness (QED) is 0.589. The fourth-order valence-corrected chi connectivity index (χ4v) is 0.713. The highest BCUT2D eigenvalue weighted by atomic mass is 35.5. The van der Waals surface area contributed by atoms with Crippen LogP contribution in [-0.2, 0) is 4.74 Å². The molecule has 1 amide bonds. The van der Waals surface area contributed by atoms with E-state index in [-0.39, 0.29) is 0 Å². The van der Waals surface area contributed by atoms with Crippen LogP contribution in [0.15, 0.2) is 0 Å². The molecule has 0 aliphatic heterocycles. The Kier molecular flexibility index (Phi) is 5.14. The molecule has 0 aliphatic rings. The molecule has 0 aromatic rings. The number of alkyl carbamates (subject to hydrolysis) is 1. The van der Waals surface area contributed by atoms with Crippen LogP contribution in [-0.4, -0.2) is 34.2 Å². The minimum atomic E-state index is -1.66. The van der Waals surface area contributed by atoms with Crippen LogP contribution in [0.5, 0.6) is 0 Å². The number of hydrogen-bond acceptors (Lipinski definition) is 3. The molecule has 0 spiro atoms. The van der Waals surface area contributed by atoms with Gasteiger partial charge in [-0.3, -0.25) is 5.32 Å². The largest absolute Gasteiger partial charge is 0.453 e. The number of carbonyl (C=O) groups is 1. The summed E-state index contributed by atoms with van der Waals surface area (Å²) >= 11 is 16.8. The summed E-state index contributed by atoms with van der Waals surface area (Å²) in [6.07, 6.45) is -2.33. The molecule has 0 fully saturated rings. The molecule has 0 rings (SSSR count). The van der Waals surface area contributed by atoms with Gasteiger partial charge in [0.2, 0.25) is 0 Å². The van der Waals surface area contributed by atoms with Crippen molar-refractivity contribution in [3.63, 3.8) is 0 Å². The molecule has 0 bridgehead atoms. The van der Waals surface area contributed by atoms with Crippen LogP contribution in [0.2, 0.25) is 0 Å². The Labute approximate surface area is 91.1 Å². The zero-order chi connectivity index (χ0) is 10.6. The highest BCUT2D eigenvalue weighted by molar-refractivity contribution is 6.52. The second-order valence-electron chi connectivity index (χ2n) is 2.33. The van der Waals surface area contributed by atoms with Gasteiger partial charge < -0.3 is 9.84 Å². The first-order valence-electron chi connectivity index (χ1n) is 3.36. The molecule has 0 saturated carbocycles. The number of nitrogens with one attached hydrogen (secondary N) is 1. The average molecular weight is 251 g/mol. The molecule has 78 valence electrons. The van der Waals surface area contributed by atoms with Crippen molar-refractivity contribution in [1.82, 2.24) is 5.32 Å². The van der Waals surface area contributed by atoms with E-state index in [4.69, 9.17) is 34.8 Å². The highest BCUT2D eigenvalue weighted by Gasteiger charge is 2.39. The van der Waals surface area contributed by atoms with Crippen LogP contribution in [0, 0.1) is 0 Å². The van der Waals surface area contributed by atoms with E-state index in [0.29, 0.717) is 0 Å². The first-order valence-corrected chi connectivity index (χ1v) is 4.56. The van der Waals surface area contributed by atoms with E-state index < -0.39 is 22.0 Å². The maximum Gasteiger partial charge on any atom is 0.408 e. The third-order valence-electron chi connectivity index (χ3n) is 1.33. The van der Waals surface area contributed by atoms with Crippen LogP contribution >= 0.6 is 34.8 Å². The molecule has 2 N–H and O–H groups in total. The lowest BCUT2D eigenvalue weighted by atomic mass is 10.3. The summed E-state index contributed by atoms with van der Waals surface area (Å²) in [4.78, 5) is 10.6. The number of hydrogen-bond donors (Lipinski definition) is 2. The summed E-state index contributed by atoms with van der Waals surface area (Å²) in [6, 6.07) is 0. The lowest BCUT2D eigenvalue weighted by molar-refractivity contribution is 0.0994. The number of alkyl halides is 3. The van der Waals surface area contributed by atoms with Gasteiger partial charge in [0.15, 0.2) is 10.6 Å². The summed E-state index contributed by atoms with van der Waals surface area (Å²) < 4.78 is 2.57. The van der Waals surface area contributed by atoms with Crippen molar-refractivity contribution in [2.45, 2.75) is 22.9 Å². The Morgan fingerprint density at radius 1 is 1.62 bits per heavy atom. The van der Waals surface area contributed by atoms with Crippen molar-refractivity contribution in [3.05, 3.63) is 0 Å². The lowest BCUT2D eigenvalue weighted by Crippen LogP contribution is -2.50. The van der Waals surface area contributed by atoms with Gasteiger partial charge >= 0.3 is 6.09 Å². The third-order valence-corrected chi connectivity index (χ3v) is 2.97. The highest BCUT2D eigenvalue weighted by Crippen LogP contribution is 2.31. The van der Waals surface area contributed by atoms with Gasteiger partial charge in [-0.1, -0.05) is 23.2 Å². The normalized spacial score (nSPS) is 16.2. The molecular weight excluding hydrogens is 240 g/mol. The van der Waals surface area contributed by atoms with E-state index in [1.807, 2.05) is 5.32 Å². The van der Waals surface area contributed by atoms with Crippen LogP contribution < -0.4 is 5.32 Å². The second-order valence-corrected chi connectivity index (χ2v) is 4.43. The van der Waals surface area contributed by atoms with Crippen molar-refractivity contribution in [1.29, 1.82) is 0 Å². The predicted molar refractivity (Wildman–Crippen MR) is 51.3 cm³/mol. The van der Waals surface area contributed by atoms with Crippen molar-refractivity contribution in [2.24, 2.45) is 0 Å². The number of amides is 1. The van der Waals surface area contributed by atoms with Crippen molar-refractivity contribution >= 4 is 40.9 Å². The van der Waals surface area contributed by atoms with Crippen molar-refractivity contribution in [3.8, 4) is 0 Å². The average Bonchev–Trinajstić information content (AvgIpc) is 2.03. The molecule has 2 atom stereocenters. The van der Waals surface area contributed by atoms with Crippen LogP contribution in [0.25, 0.3) is 0 Å². The van der Waals surface area contributed by atoms with E-state index in [2.05, 4.69) is 4.74 Å². The van der Waals surface area contributed by atoms with E-state index in [1.165, 1.54) is 6.92 Å². The zero-order valence-electron chi connectivity index (χ0n) is 7.05. The van der Waals surface area contributed by atoms with Gasteiger partial charge in [-0.15, -0.1) is 11.6 Å². The fraction of sp³-hybridized carbons (Fsp3) is 0.833. The van der Waals surface area contributed by atoms with Crippen LogP contribution in [0.4, 0.5) is 4.79 Å². The lowest BCUT2D eigenvalue weighted by Gasteiger charge is -2.27. The number of aliphatic hydroxyl groups excluding tert-OH is 1. The first-order chi connectivity index (χ1) is 5.82.